The Morgan fingerprint density at radius 3 is 2.33 bits per heavy atom. The van der Waals surface area contributed by atoms with Gasteiger partial charge in [-0.15, -0.1) is 11.8 Å². The van der Waals surface area contributed by atoms with Crippen molar-refractivity contribution in [3.63, 3.8) is 0 Å². The first kappa shape index (κ1) is 11.2. The molecule has 0 aliphatic carbocycles. The summed E-state index contributed by atoms with van der Waals surface area (Å²) in [5, 5.41) is 0. The van der Waals surface area contributed by atoms with Crippen molar-refractivity contribution in [1.82, 2.24) is 0 Å². The summed E-state index contributed by atoms with van der Waals surface area (Å²) in [6.07, 6.45) is 7.39. The lowest BCUT2D eigenvalue weighted by Crippen LogP contribution is -1.91. The molecule has 0 heterocycles. The molecule has 0 aromatic rings. The van der Waals surface area contributed by atoms with E-state index in [0.717, 1.165) is 10.5 Å². The molecule has 0 N–H and O–H groups in total. The molecule has 12 heavy (non-hydrogen) atoms. The molecule has 1 nitrogen and oxygen atoms in total. The highest BCUT2D eigenvalue weighted by Crippen LogP contribution is 2.11. The van der Waals surface area contributed by atoms with E-state index in [9.17, 15) is 4.79 Å². The minimum atomic E-state index is 0.0858. The Kier molecular flexibility index (Phi) is 5.47. The van der Waals surface area contributed by atoms with Crippen LogP contribution < -0.4 is 0 Å². The monoisotopic (exact) mass is 182 g/mol. The van der Waals surface area contributed by atoms with Crippen LogP contribution in [0.4, 0.5) is 0 Å². The summed E-state index contributed by atoms with van der Waals surface area (Å²) in [4.78, 5) is 11.9. The Hall–Kier alpha value is -0.760. The zero-order chi connectivity index (χ0) is 9.56. The van der Waals surface area contributed by atoms with Crippen LogP contribution in [0.5, 0.6) is 0 Å². The number of hydrogen-bond donors (Lipinski definition) is 0. The highest BCUT2D eigenvalue weighted by atomic mass is 32.2. The Morgan fingerprint density at radius 2 is 2.00 bits per heavy atom. The van der Waals surface area contributed by atoms with Gasteiger partial charge >= 0.3 is 0 Å². The van der Waals surface area contributed by atoms with Crippen molar-refractivity contribution < 1.29 is 4.79 Å². The van der Waals surface area contributed by atoms with E-state index in [1.807, 2.05) is 19.3 Å². The zero-order valence-electron chi connectivity index (χ0n) is 7.76. The molecule has 0 fully saturated rings. The van der Waals surface area contributed by atoms with Gasteiger partial charge in [0.15, 0.2) is 5.78 Å². The predicted molar refractivity (Wildman–Crippen MR) is 56.2 cm³/mol. The van der Waals surface area contributed by atoms with Crippen molar-refractivity contribution in [2.45, 2.75) is 13.8 Å². The van der Waals surface area contributed by atoms with Crippen LogP contribution in [0.1, 0.15) is 13.8 Å². The molecule has 0 spiro atoms. The second-order valence-corrected chi connectivity index (χ2v) is 3.24. The van der Waals surface area contributed by atoms with Crippen LogP contribution >= 0.6 is 11.8 Å². The number of ketones is 1. The first-order chi connectivity index (χ1) is 5.61. The SMILES string of the molecule is C=C(/C=C\C(=C/C)C(C)=O)SC. The lowest BCUT2D eigenvalue weighted by Gasteiger charge is -1.94. The van der Waals surface area contributed by atoms with Crippen molar-refractivity contribution >= 4 is 17.5 Å². The molecule has 0 amide bonds. The van der Waals surface area contributed by atoms with Crippen LogP contribution in [-0.4, -0.2) is 12.0 Å². The first-order valence-corrected chi connectivity index (χ1v) is 4.92. The van der Waals surface area contributed by atoms with Crippen LogP contribution in [-0.2, 0) is 4.79 Å². The van der Waals surface area contributed by atoms with Gasteiger partial charge in [-0.1, -0.05) is 18.7 Å². The highest BCUT2D eigenvalue weighted by Gasteiger charge is 1.95. The molecule has 2 heteroatoms. The van der Waals surface area contributed by atoms with Crippen molar-refractivity contribution in [3.05, 3.63) is 35.3 Å². The number of hydrogen-bond acceptors (Lipinski definition) is 2. The Morgan fingerprint density at radius 1 is 1.42 bits per heavy atom. The van der Waals surface area contributed by atoms with Crippen LogP contribution in [0.3, 0.4) is 0 Å². The largest absolute Gasteiger partial charge is 0.295 e. The molecule has 0 unspecified atom stereocenters. The summed E-state index contributed by atoms with van der Waals surface area (Å²) in [5.74, 6) is 0.0858. The molecule has 0 aromatic heterocycles. The number of rotatable bonds is 4. The van der Waals surface area contributed by atoms with Crippen LogP contribution in [0, 0.1) is 0 Å². The number of carbonyl (C=O) groups is 1. The van der Waals surface area contributed by atoms with Crippen LogP contribution in [0.2, 0.25) is 0 Å². The van der Waals surface area contributed by atoms with Gasteiger partial charge in [-0.3, -0.25) is 4.79 Å². The van der Waals surface area contributed by atoms with Crippen LogP contribution in [0.15, 0.2) is 35.3 Å². The van der Waals surface area contributed by atoms with Crippen molar-refractivity contribution in [2.24, 2.45) is 0 Å². The highest BCUT2D eigenvalue weighted by molar-refractivity contribution is 8.02. The Labute approximate surface area is 78.2 Å². The van der Waals surface area contributed by atoms with Crippen molar-refractivity contribution in [1.29, 1.82) is 0 Å². The molecule has 0 saturated heterocycles. The molecule has 0 atom stereocenters. The number of allylic oxidation sites excluding steroid dienone is 4. The van der Waals surface area contributed by atoms with Gasteiger partial charge in [-0.25, -0.2) is 0 Å². The molecular formula is C10H14OS. The average Bonchev–Trinajstić information content (AvgIpc) is 2.04. The summed E-state index contributed by atoms with van der Waals surface area (Å²) >= 11 is 1.57. The summed E-state index contributed by atoms with van der Waals surface area (Å²) in [7, 11) is 0. The lowest BCUT2D eigenvalue weighted by atomic mass is 10.1. The summed E-state index contributed by atoms with van der Waals surface area (Å²) < 4.78 is 0. The Balaban J connectivity index is 4.32. The summed E-state index contributed by atoms with van der Waals surface area (Å²) in [6.45, 7) is 7.18. The van der Waals surface area contributed by atoms with Gasteiger partial charge < -0.3 is 0 Å². The summed E-state index contributed by atoms with van der Waals surface area (Å²) in [6, 6.07) is 0. The molecule has 0 bridgehead atoms. The Bertz CT molecular complexity index is 236. The maximum Gasteiger partial charge on any atom is 0.159 e. The number of thioether (sulfide) groups is 1. The quantitative estimate of drug-likeness (QED) is 0.491. The average molecular weight is 182 g/mol. The molecule has 0 aromatic carbocycles. The van der Waals surface area contributed by atoms with Crippen molar-refractivity contribution in [3.8, 4) is 0 Å². The molecule has 0 aliphatic rings. The van der Waals surface area contributed by atoms with Crippen LogP contribution in [0.25, 0.3) is 0 Å². The zero-order valence-corrected chi connectivity index (χ0v) is 8.57. The van der Waals surface area contributed by atoms with E-state index in [4.69, 9.17) is 0 Å². The van der Waals surface area contributed by atoms with Gasteiger partial charge in [0.2, 0.25) is 0 Å². The predicted octanol–water partition coefficient (Wildman–Crippen LogP) is 2.95. The van der Waals surface area contributed by atoms with Gasteiger partial charge in [-0.2, -0.15) is 0 Å². The third-order valence-corrected chi connectivity index (χ3v) is 2.09. The van der Waals surface area contributed by atoms with E-state index in [1.165, 1.54) is 0 Å². The normalized spacial score (nSPS) is 12.1. The van der Waals surface area contributed by atoms with Gasteiger partial charge in [0.1, 0.15) is 0 Å². The fourth-order valence-electron chi connectivity index (χ4n) is 0.668. The smallest absolute Gasteiger partial charge is 0.159 e. The van der Waals surface area contributed by atoms with Gasteiger partial charge in [0.05, 0.1) is 0 Å². The molecule has 66 valence electrons. The molecule has 0 aliphatic heterocycles. The second kappa shape index (κ2) is 5.84. The molecule has 0 radical (unpaired) electrons. The fraction of sp³-hybridized carbons (Fsp3) is 0.300. The minimum Gasteiger partial charge on any atom is -0.295 e. The standard InChI is InChI=1S/C10H14OS/c1-5-10(9(3)11)7-6-8(2)12-4/h5-7H,2H2,1,3-4H3/b7-6-,10-5+. The third kappa shape index (κ3) is 4.19. The van der Waals surface area contributed by atoms with Gasteiger partial charge in [0, 0.05) is 5.57 Å². The van der Waals surface area contributed by atoms with E-state index in [0.29, 0.717) is 0 Å². The van der Waals surface area contributed by atoms with Gasteiger partial charge in [-0.05, 0) is 31.1 Å². The van der Waals surface area contributed by atoms with E-state index >= 15 is 0 Å². The second-order valence-electron chi connectivity index (χ2n) is 2.30. The number of Topliss-reactive ketones (excluding diaryl/α,β-unsaturated/α-hetero) is 1. The maximum absolute atomic E-state index is 10.9. The first-order valence-electron chi connectivity index (χ1n) is 3.70. The van der Waals surface area contributed by atoms with E-state index in [1.54, 1.807) is 30.8 Å². The molecule has 0 rings (SSSR count). The van der Waals surface area contributed by atoms with E-state index in [2.05, 4.69) is 6.58 Å². The molecular weight excluding hydrogens is 168 g/mol. The van der Waals surface area contributed by atoms with E-state index < -0.39 is 0 Å². The van der Waals surface area contributed by atoms with Crippen molar-refractivity contribution in [2.75, 3.05) is 6.26 Å². The fourth-order valence-corrected chi connectivity index (χ4v) is 0.872. The topological polar surface area (TPSA) is 17.1 Å². The lowest BCUT2D eigenvalue weighted by molar-refractivity contribution is -0.113. The third-order valence-electron chi connectivity index (χ3n) is 1.43. The minimum absolute atomic E-state index is 0.0858. The number of carbonyl (C=O) groups excluding carboxylic acids is 1. The summed E-state index contributed by atoms with van der Waals surface area (Å²) in [5.41, 5.74) is 0.727. The van der Waals surface area contributed by atoms with E-state index in [-0.39, 0.29) is 5.78 Å². The maximum atomic E-state index is 10.9. The molecule has 0 saturated carbocycles. The van der Waals surface area contributed by atoms with Gasteiger partial charge in [0.25, 0.3) is 0 Å².